The number of fused-ring (bicyclic) bond motifs is 1. The molecule has 0 amide bonds. The molecule has 3 rings (SSSR count). The second-order valence-corrected chi connectivity index (χ2v) is 4.70. The van der Waals surface area contributed by atoms with Crippen LogP contribution in [-0.4, -0.2) is 36.5 Å². The quantitative estimate of drug-likeness (QED) is 0.785. The highest BCUT2D eigenvalue weighted by Crippen LogP contribution is 2.07. The molecule has 0 aromatic carbocycles. The SMILES string of the molecule is C1=CCCC=c2[nH]nc(N3CCCOCC3)c2=C1. The van der Waals surface area contributed by atoms with Crippen molar-refractivity contribution in [3.63, 3.8) is 0 Å². The summed E-state index contributed by atoms with van der Waals surface area (Å²) < 4.78 is 5.50. The second-order valence-electron chi connectivity index (χ2n) is 4.70. The molecule has 1 fully saturated rings. The Balaban J connectivity index is 2.00. The van der Waals surface area contributed by atoms with Crippen LogP contribution in [0.3, 0.4) is 0 Å². The van der Waals surface area contributed by atoms with E-state index < -0.39 is 0 Å². The van der Waals surface area contributed by atoms with Crippen LogP contribution in [0, 0.1) is 0 Å². The molecule has 1 aromatic heterocycles. The summed E-state index contributed by atoms with van der Waals surface area (Å²) in [5, 5.41) is 10.0. The second kappa shape index (κ2) is 5.40. The van der Waals surface area contributed by atoms with Crippen molar-refractivity contribution in [3.8, 4) is 0 Å². The van der Waals surface area contributed by atoms with Crippen LogP contribution in [0.4, 0.5) is 5.82 Å². The third-order valence-corrected chi connectivity index (χ3v) is 3.42. The summed E-state index contributed by atoms with van der Waals surface area (Å²) >= 11 is 0. The van der Waals surface area contributed by atoms with E-state index in [-0.39, 0.29) is 0 Å². The van der Waals surface area contributed by atoms with Crippen molar-refractivity contribution in [1.82, 2.24) is 10.2 Å². The normalized spacial score (nSPS) is 20.1. The molecule has 0 atom stereocenters. The van der Waals surface area contributed by atoms with Gasteiger partial charge in [-0.05, 0) is 25.3 Å². The lowest BCUT2D eigenvalue weighted by Gasteiger charge is -2.18. The Labute approximate surface area is 107 Å². The fraction of sp³-hybridized carbons (Fsp3) is 0.500. The lowest BCUT2D eigenvalue weighted by molar-refractivity contribution is 0.152. The van der Waals surface area contributed by atoms with Gasteiger partial charge in [0.1, 0.15) is 0 Å². The molecular formula is C14H19N3O. The highest BCUT2D eigenvalue weighted by atomic mass is 16.5. The first kappa shape index (κ1) is 11.5. The van der Waals surface area contributed by atoms with E-state index in [2.05, 4.69) is 39.4 Å². The van der Waals surface area contributed by atoms with Crippen LogP contribution >= 0.6 is 0 Å². The first-order chi connectivity index (χ1) is 8.95. The maximum atomic E-state index is 5.50. The number of nitrogens with one attached hydrogen (secondary N) is 1. The smallest absolute Gasteiger partial charge is 0.158 e. The van der Waals surface area contributed by atoms with Gasteiger partial charge >= 0.3 is 0 Å². The minimum absolute atomic E-state index is 0.793. The number of nitrogens with zero attached hydrogens (tertiary/aromatic N) is 2. The number of allylic oxidation sites excluding steroid dienone is 2. The maximum Gasteiger partial charge on any atom is 0.158 e. The number of hydrogen-bond acceptors (Lipinski definition) is 3. The van der Waals surface area contributed by atoms with Crippen LogP contribution in [0.1, 0.15) is 19.3 Å². The Bertz CT molecular complexity index is 536. The van der Waals surface area contributed by atoms with E-state index in [1.165, 1.54) is 5.22 Å². The highest BCUT2D eigenvalue weighted by Gasteiger charge is 2.14. The van der Waals surface area contributed by atoms with Gasteiger partial charge in [-0.1, -0.05) is 18.2 Å². The van der Waals surface area contributed by atoms with Gasteiger partial charge in [0.15, 0.2) is 5.82 Å². The third kappa shape index (κ3) is 2.34. The molecule has 1 aromatic rings. The Kier molecular flexibility index (Phi) is 3.46. The zero-order chi connectivity index (χ0) is 12.2. The summed E-state index contributed by atoms with van der Waals surface area (Å²) in [4.78, 5) is 2.32. The first-order valence-corrected chi connectivity index (χ1v) is 6.69. The van der Waals surface area contributed by atoms with Crippen LogP contribution in [0.5, 0.6) is 0 Å². The molecule has 4 nitrogen and oxygen atoms in total. The summed E-state index contributed by atoms with van der Waals surface area (Å²) in [5.41, 5.74) is 0. The number of H-pyrrole nitrogens is 1. The average molecular weight is 245 g/mol. The van der Waals surface area contributed by atoms with E-state index in [0.717, 1.165) is 56.7 Å². The van der Waals surface area contributed by atoms with E-state index in [4.69, 9.17) is 4.74 Å². The molecule has 2 heterocycles. The predicted molar refractivity (Wildman–Crippen MR) is 72.8 cm³/mol. The number of aromatic nitrogens is 2. The van der Waals surface area contributed by atoms with E-state index in [1.54, 1.807) is 0 Å². The van der Waals surface area contributed by atoms with Crippen molar-refractivity contribution >= 4 is 18.0 Å². The van der Waals surface area contributed by atoms with Crippen LogP contribution in [0.2, 0.25) is 0 Å². The molecule has 2 aliphatic rings. The van der Waals surface area contributed by atoms with Gasteiger partial charge in [0.25, 0.3) is 0 Å². The highest BCUT2D eigenvalue weighted by molar-refractivity contribution is 5.51. The van der Waals surface area contributed by atoms with Crippen molar-refractivity contribution in [2.75, 3.05) is 31.2 Å². The van der Waals surface area contributed by atoms with Gasteiger partial charge in [0.2, 0.25) is 0 Å². The lowest BCUT2D eigenvalue weighted by atomic mass is 10.2. The standard InChI is InChI=1S/C14H19N3O/c1-2-4-7-13-12(6-3-1)14(16-15-13)17-8-5-10-18-11-9-17/h1,3,6-7,15H,2,4-5,8-11H2. The molecule has 1 aliphatic carbocycles. The predicted octanol–water partition coefficient (Wildman–Crippen LogP) is 0.547. The number of hydrogen-bond donors (Lipinski definition) is 1. The maximum absolute atomic E-state index is 5.50. The lowest BCUT2D eigenvalue weighted by Crippen LogP contribution is -2.33. The molecule has 18 heavy (non-hydrogen) atoms. The topological polar surface area (TPSA) is 41.2 Å². The Morgan fingerprint density at radius 3 is 3.22 bits per heavy atom. The molecule has 0 radical (unpaired) electrons. The Morgan fingerprint density at radius 1 is 1.22 bits per heavy atom. The van der Waals surface area contributed by atoms with Crippen molar-refractivity contribution in [2.45, 2.75) is 19.3 Å². The molecule has 0 spiro atoms. The molecule has 96 valence electrons. The fourth-order valence-electron chi connectivity index (χ4n) is 2.46. The summed E-state index contributed by atoms with van der Waals surface area (Å²) in [6.45, 7) is 3.60. The fourth-order valence-corrected chi connectivity index (χ4v) is 2.46. The minimum atomic E-state index is 0.793. The summed E-state index contributed by atoms with van der Waals surface area (Å²) in [7, 11) is 0. The average Bonchev–Trinajstić information content (AvgIpc) is 2.60. The van der Waals surface area contributed by atoms with Gasteiger partial charge in [-0.2, -0.15) is 5.10 Å². The van der Waals surface area contributed by atoms with Crippen molar-refractivity contribution in [3.05, 3.63) is 22.7 Å². The number of ether oxygens (including phenoxy) is 1. The van der Waals surface area contributed by atoms with E-state index in [0.29, 0.717) is 0 Å². The molecule has 1 saturated heterocycles. The van der Waals surface area contributed by atoms with Crippen LogP contribution in [0.25, 0.3) is 12.2 Å². The molecular weight excluding hydrogens is 226 g/mol. The summed E-state index contributed by atoms with van der Waals surface area (Å²) in [6.07, 6.45) is 12.0. The zero-order valence-corrected chi connectivity index (χ0v) is 10.6. The summed E-state index contributed by atoms with van der Waals surface area (Å²) in [5.74, 6) is 1.07. The van der Waals surface area contributed by atoms with Crippen molar-refractivity contribution < 1.29 is 4.74 Å². The summed E-state index contributed by atoms with van der Waals surface area (Å²) in [6, 6.07) is 0. The number of anilines is 1. The van der Waals surface area contributed by atoms with Gasteiger partial charge in [0.05, 0.1) is 12.0 Å². The first-order valence-electron chi connectivity index (χ1n) is 6.69. The Hall–Kier alpha value is -1.55. The van der Waals surface area contributed by atoms with Crippen molar-refractivity contribution in [2.24, 2.45) is 0 Å². The van der Waals surface area contributed by atoms with Crippen molar-refractivity contribution in [1.29, 1.82) is 0 Å². The van der Waals surface area contributed by atoms with E-state index in [1.807, 2.05) is 0 Å². The van der Waals surface area contributed by atoms with Crippen LogP contribution < -0.4 is 15.5 Å². The molecule has 1 N–H and O–H groups in total. The van der Waals surface area contributed by atoms with Crippen LogP contribution in [-0.2, 0) is 4.74 Å². The molecule has 0 saturated carbocycles. The molecule has 0 unspecified atom stereocenters. The Morgan fingerprint density at radius 2 is 2.22 bits per heavy atom. The van der Waals surface area contributed by atoms with Crippen LogP contribution in [0.15, 0.2) is 12.2 Å². The van der Waals surface area contributed by atoms with Gasteiger partial charge in [-0.3, -0.25) is 5.10 Å². The number of rotatable bonds is 1. The zero-order valence-electron chi connectivity index (χ0n) is 10.6. The minimum Gasteiger partial charge on any atom is -0.380 e. The van der Waals surface area contributed by atoms with Gasteiger partial charge < -0.3 is 9.64 Å². The van der Waals surface area contributed by atoms with E-state index in [9.17, 15) is 0 Å². The van der Waals surface area contributed by atoms with Gasteiger partial charge in [0, 0.05) is 24.9 Å². The third-order valence-electron chi connectivity index (χ3n) is 3.42. The van der Waals surface area contributed by atoms with Gasteiger partial charge in [-0.25, -0.2) is 0 Å². The largest absolute Gasteiger partial charge is 0.380 e. The molecule has 4 heteroatoms. The molecule has 1 aliphatic heterocycles. The number of aromatic amines is 1. The van der Waals surface area contributed by atoms with E-state index >= 15 is 0 Å². The monoisotopic (exact) mass is 245 g/mol. The molecule has 0 bridgehead atoms. The van der Waals surface area contributed by atoms with Gasteiger partial charge in [-0.15, -0.1) is 0 Å².